The van der Waals surface area contributed by atoms with Gasteiger partial charge in [0.1, 0.15) is 17.7 Å². The summed E-state index contributed by atoms with van der Waals surface area (Å²) in [5.41, 5.74) is -0.979. The first-order valence-electron chi connectivity index (χ1n) is 6.20. The second-order valence-corrected chi connectivity index (χ2v) is 5.45. The van der Waals surface area contributed by atoms with E-state index >= 15 is 0 Å². The SMILES string of the molecule is CC(C)(C)OC(=O)NC(C=O)Cc1cc(F)c(F)cc1F. The first kappa shape index (κ1) is 17.0. The maximum atomic E-state index is 13.5. The number of carbonyl (C=O) groups excluding carboxylic acids is 2. The van der Waals surface area contributed by atoms with Gasteiger partial charge in [-0.1, -0.05) is 0 Å². The summed E-state index contributed by atoms with van der Waals surface area (Å²) in [6.07, 6.45) is -0.807. The molecule has 0 aliphatic rings. The lowest BCUT2D eigenvalue weighted by Crippen LogP contribution is -2.41. The van der Waals surface area contributed by atoms with E-state index in [0.29, 0.717) is 18.4 Å². The molecule has 21 heavy (non-hydrogen) atoms. The molecule has 1 aromatic carbocycles. The average molecular weight is 303 g/mol. The normalized spacial score (nSPS) is 12.7. The quantitative estimate of drug-likeness (QED) is 0.687. The Hall–Kier alpha value is -2.05. The average Bonchev–Trinajstić information content (AvgIpc) is 2.32. The van der Waals surface area contributed by atoms with Crippen LogP contribution in [0.4, 0.5) is 18.0 Å². The van der Waals surface area contributed by atoms with Gasteiger partial charge in [-0.25, -0.2) is 18.0 Å². The molecule has 0 aliphatic carbocycles. The Balaban J connectivity index is 2.77. The Kier molecular flexibility index (Phi) is 5.34. The van der Waals surface area contributed by atoms with Gasteiger partial charge < -0.3 is 14.8 Å². The van der Waals surface area contributed by atoms with E-state index in [1.165, 1.54) is 0 Å². The van der Waals surface area contributed by atoms with Gasteiger partial charge in [0.25, 0.3) is 0 Å². The van der Waals surface area contributed by atoms with Crippen molar-refractivity contribution in [2.45, 2.75) is 38.8 Å². The van der Waals surface area contributed by atoms with Crippen LogP contribution in [-0.4, -0.2) is 24.0 Å². The number of amides is 1. The van der Waals surface area contributed by atoms with Gasteiger partial charge in [0.05, 0.1) is 6.04 Å². The number of hydrogen-bond acceptors (Lipinski definition) is 3. The molecule has 7 heteroatoms. The predicted molar refractivity (Wildman–Crippen MR) is 69.2 cm³/mol. The number of aldehydes is 1. The summed E-state index contributed by atoms with van der Waals surface area (Å²) in [5.74, 6) is -3.54. The minimum atomic E-state index is -1.32. The third-order valence-corrected chi connectivity index (χ3v) is 2.40. The van der Waals surface area contributed by atoms with Gasteiger partial charge >= 0.3 is 6.09 Å². The van der Waals surface area contributed by atoms with Crippen LogP contribution >= 0.6 is 0 Å². The van der Waals surface area contributed by atoms with Crippen molar-refractivity contribution in [1.82, 2.24) is 5.32 Å². The van der Waals surface area contributed by atoms with E-state index < -0.39 is 35.2 Å². The number of benzene rings is 1. The van der Waals surface area contributed by atoms with Gasteiger partial charge in [-0.2, -0.15) is 0 Å². The molecule has 1 unspecified atom stereocenters. The number of alkyl carbamates (subject to hydrolysis) is 1. The fourth-order valence-corrected chi connectivity index (χ4v) is 1.55. The second kappa shape index (κ2) is 6.60. The van der Waals surface area contributed by atoms with Gasteiger partial charge in [0, 0.05) is 12.5 Å². The standard InChI is InChI=1S/C14H16F3NO3/c1-14(2,3)21-13(20)18-9(7-19)4-8-5-11(16)12(17)6-10(8)15/h5-7,9H,4H2,1-3H3,(H,18,20). The molecule has 4 nitrogen and oxygen atoms in total. The first-order valence-corrected chi connectivity index (χ1v) is 6.20. The van der Waals surface area contributed by atoms with Crippen molar-refractivity contribution >= 4 is 12.4 Å². The van der Waals surface area contributed by atoms with E-state index in [9.17, 15) is 22.8 Å². The number of hydrogen-bond donors (Lipinski definition) is 1. The summed E-state index contributed by atoms with van der Waals surface area (Å²) in [6, 6.07) is -0.0722. The number of carbonyl (C=O) groups is 2. The van der Waals surface area contributed by atoms with Crippen molar-refractivity contribution in [3.05, 3.63) is 35.1 Å². The molecular formula is C14H16F3NO3. The smallest absolute Gasteiger partial charge is 0.408 e. The van der Waals surface area contributed by atoms with Gasteiger partial charge in [-0.05, 0) is 32.4 Å². The van der Waals surface area contributed by atoms with E-state index in [2.05, 4.69) is 5.32 Å². The van der Waals surface area contributed by atoms with E-state index in [0.717, 1.165) is 0 Å². The molecular weight excluding hydrogens is 287 g/mol. The van der Waals surface area contributed by atoms with E-state index in [4.69, 9.17) is 4.74 Å². The number of halogens is 3. The molecule has 116 valence electrons. The van der Waals surface area contributed by atoms with E-state index in [-0.39, 0.29) is 12.0 Å². The zero-order valence-corrected chi connectivity index (χ0v) is 11.9. The molecule has 1 atom stereocenters. The lowest BCUT2D eigenvalue weighted by atomic mass is 10.1. The number of ether oxygens (including phenoxy) is 1. The Morgan fingerprint density at radius 3 is 2.33 bits per heavy atom. The number of nitrogens with one attached hydrogen (secondary N) is 1. The van der Waals surface area contributed by atoms with Crippen molar-refractivity contribution in [2.24, 2.45) is 0 Å². The van der Waals surface area contributed by atoms with Crippen LogP contribution in [0, 0.1) is 17.5 Å². The summed E-state index contributed by atoms with van der Waals surface area (Å²) >= 11 is 0. The molecule has 0 aliphatic heterocycles. The fourth-order valence-electron chi connectivity index (χ4n) is 1.55. The van der Waals surface area contributed by atoms with Crippen molar-refractivity contribution in [1.29, 1.82) is 0 Å². The molecule has 0 radical (unpaired) electrons. The molecule has 0 spiro atoms. The minimum Gasteiger partial charge on any atom is -0.444 e. The first-order chi connectivity index (χ1) is 9.62. The van der Waals surface area contributed by atoms with Crippen LogP contribution in [0.1, 0.15) is 26.3 Å². The van der Waals surface area contributed by atoms with Crippen molar-refractivity contribution < 1.29 is 27.5 Å². The Morgan fingerprint density at radius 1 is 1.24 bits per heavy atom. The molecule has 0 bridgehead atoms. The summed E-state index contributed by atoms with van der Waals surface area (Å²) in [4.78, 5) is 22.4. The molecule has 0 heterocycles. The summed E-state index contributed by atoms with van der Waals surface area (Å²) in [6.45, 7) is 4.91. The van der Waals surface area contributed by atoms with Crippen molar-refractivity contribution in [3.8, 4) is 0 Å². The zero-order valence-electron chi connectivity index (χ0n) is 11.9. The van der Waals surface area contributed by atoms with Crippen molar-refractivity contribution in [3.63, 3.8) is 0 Å². The lowest BCUT2D eigenvalue weighted by Gasteiger charge is -2.21. The monoisotopic (exact) mass is 303 g/mol. The van der Waals surface area contributed by atoms with Crippen molar-refractivity contribution in [2.75, 3.05) is 0 Å². The molecule has 0 saturated heterocycles. The Bertz CT molecular complexity index is 541. The minimum absolute atomic E-state index is 0.220. The predicted octanol–water partition coefficient (Wildman–Crippen LogP) is 2.74. The summed E-state index contributed by atoms with van der Waals surface area (Å²) in [7, 11) is 0. The van der Waals surface area contributed by atoms with Gasteiger partial charge in [0.2, 0.25) is 0 Å². The molecule has 1 N–H and O–H groups in total. The van der Waals surface area contributed by atoms with Gasteiger partial charge in [-0.3, -0.25) is 0 Å². The van der Waals surface area contributed by atoms with Crippen LogP contribution in [0.5, 0.6) is 0 Å². The molecule has 1 amide bonds. The second-order valence-electron chi connectivity index (χ2n) is 5.45. The Labute approximate surface area is 120 Å². The fraction of sp³-hybridized carbons (Fsp3) is 0.429. The van der Waals surface area contributed by atoms with Crippen LogP contribution in [0.25, 0.3) is 0 Å². The molecule has 0 saturated carbocycles. The summed E-state index contributed by atoms with van der Waals surface area (Å²) < 4.78 is 44.3. The van der Waals surface area contributed by atoms with Crippen LogP contribution in [0.2, 0.25) is 0 Å². The molecule has 1 rings (SSSR count). The highest BCUT2D eigenvalue weighted by atomic mass is 19.2. The van der Waals surface area contributed by atoms with Crippen LogP contribution < -0.4 is 5.32 Å². The summed E-state index contributed by atoms with van der Waals surface area (Å²) in [5, 5.41) is 2.22. The maximum absolute atomic E-state index is 13.5. The Morgan fingerprint density at radius 2 is 1.81 bits per heavy atom. The van der Waals surface area contributed by atoms with Gasteiger partial charge in [0.15, 0.2) is 11.6 Å². The largest absolute Gasteiger partial charge is 0.444 e. The molecule has 1 aromatic rings. The maximum Gasteiger partial charge on any atom is 0.408 e. The number of rotatable bonds is 4. The topological polar surface area (TPSA) is 55.4 Å². The van der Waals surface area contributed by atoms with Crippen LogP contribution in [0.15, 0.2) is 12.1 Å². The highest BCUT2D eigenvalue weighted by molar-refractivity contribution is 5.73. The highest BCUT2D eigenvalue weighted by Gasteiger charge is 2.21. The van der Waals surface area contributed by atoms with Gasteiger partial charge in [-0.15, -0.1) is 0 Å². The van der Waals surface area contributed by atoms with E-state index in [1.54, 1.807) is 20.8 Å². The zero-order chi connectivity index (χ0) is 16.2. The third-order valence-electron chi connectivity index (χ3n) is 2.40. The van der Waals surface area contributed by atoms with E-state index in [1.807, 2.05) is 0 Å². The molecule has 0 fully saturated rings. The molecule has 0 aromatic heterocycles. The van der Waals surface area contributed by atoms with Crippen LogP contribution in [-0.2, 0) is 16.0 Å². The third kappa shape index (κ3) is 5.45. The lowest BCUT2D eigenvalue weighted by molar-refractivity contribution is -0.109. The highest BCUT2D eigenvalue weighted by Crippen LogP contribution is 2.15. The van der Waals surface area contributed by atoms with Crippen LogP contribution in [0.3, 0.4) is 0 Å².